The van der Waals surface area contributed by atoms with Gasteiger partial charge in [-0.2, -0.15) is 0 Å². The Morgan fingerprint density at radius 3 is 2.55 bits per heavy atom. The highest BCUT2D eigenvalue weighted by Gasteiger charge is 2.17. The van der Waals surface area contributed by atoms with E-state index in [2.05, 4.69) is 6.92 Å². The number of likely N-dealkylation sites (N-methyl/N-ethyl adjacent to an activating group) is 1. The summed E-state index contributed by atoms with van der Waals surface area (Å²) >= 11 is 6.04. The number of unbranched alkanes of at least 4 members (excludes halogenated alkanes) is 1. The van der Waals surface area contributed by atoms with E-state index in [1.165, 1.54) is 4.57 Å². The van der Waals surface area contributed by atoms with Crippen molar-refractivity contribution >= 4 is 28.4 Å². The number of hydrogen-bond donors (Lipinski definition) is 0. The number of fused-ring (bicyclic) bond motifs is 1. The molecule has 0 saturated carbocycles. The van der Waals surface area contributed by atoms with Crippen molar-refractivity contribution in [2.45, 2.75) is 32.9 Å². The molecule has 6 nitrogen and oxygen atoms in total. The first-order valence-corrected chi connectivity index (χ1v) is 10.0. The summed E-state index contributed by atoms with van der Waals surface area (Å²) in [6.45, 7) is 2.66. The van der Waals surface area contributed by atoms with Crippen LogP contribution < -0.4 is 11.2 Å². The Morgan fingerprint density at radius 1 is 1.07 bits per heavy atom. The first-order chi connectivity index (χ1) is 13.9. The van der Waals surface area contributed by atoms with Gasteiger partial charge in [0.15, 0.2) is 0 Å². The third kappa shape index (κ3) is 4.59. The summed E-state index contributed by atoms with van der Waals surface area (Å²) in [7, 11) is 1.73. The number of para-hydroxylation sites is 1. The molecular formula is C22H24ClN3O3. The Kier molecular flexibility index (Phi) is 6.54. The third-order valence-corrected chi connectivity index (χ3v) is 5.16. The topological polar surface area (TPSA) is 64.3 Å². The minimum absolute atomic E-state index is 0.0862. The van der Waals surface area contributed by atoms with Crippen LogP contribution in [-0.4, -0.2) is 33.5 Å². The monoisotopic (exact) mass is 413 g/mol. The molecule has 152 valence electrons. The molecule has 0 unspecified atom stereocenters. The van der Waals surface area contributed by atoms with E-state index in [1.807, 2.05) is 0 Å². The lowest BCUT2D eigenvalue weighted by Gasteiger charge is -2.19. The number of benzene rings is 2. The van der Waals surface area contributed by atoms with Gasteiger partial charge >= 0.3 is 5.69 Å². The molecule has 0 radical (unpaired) electrons. The van der Waals surface area contributed by atoms with Crippen molar-refractivity contribution in [3.63, 3.8) is 0 Å². The number of rotatable bonds is 7. The molecule has 0 aliphatic carbocycles. The van der Waals surface area contributed by atoms with Crippen LogP contribution in [0, 0.1) is 0 Å². The summed E-state index contributed by atoms with van der Waals surface area (Å²) in [5, 5.41) is 0.933. The van der Waals surface area contributed by atoms with E-state index in [-0.39, 0.29) is 24.6 Å². The maximum absolute atomic E-state index is 13.2. The first-order valence-electron chi connectivity index (χ1n) is 9.63. The second-order valence-electron chi connectivity index (χ2n) is 7.08. The first kappa shape index (κ1) is 20.9. The molecule has 0 saturated heterocycles. The van der Waals surface area contributed by atoms with Crippen LogP contribution in [0.25, 0.3) is 10.9 Å². The zero-order valence-corrected chi connectivity index (χ0v) is 17.4. The molecule has 3 aromatic rings. The zero-order valence-electron chi connectivity index (χ0n) is 16.6. The van der Waals surface area contributed by atoms with Crippen molar-refractivity contribution in [2.24, 2.45) is 0 Å². The Bertz CT molecular complexity index is 1150. The smallest absolute Gasteiger partial charge is 0.332 e. The number of carbonyl (C=O) groups excluding carboxylic acids is 1. The normalized spacial score (nSPS) is 11.0. The number of carbonyl (C=O) groups is 1. The Balaban J connectivity index is 2.08. The number of amides is 1. The average Bonchev–Trinajstić information content (AvgIpc) is 2.72. The van der Waals surface area contributed by atoms with Crippen LogP contribution in [0.15, 0.2) is 58.1 Å². The van der Waals surface area contributed by atoms with Gasteiger partial charge in [0, 0.05) is 18.6 Å². The van der Waals surface area contributed by atoms with Crippen LogP contribution in [0.3, 0.4) is 0 Å². The van der Waals surface area contributed by atoms with Crippen molar-refractivity contribution < 1.29 is 4.79 Å². The number of aromatic nitrogens is 2. The van der Waals surface area contributed by atoms with Crippen LogP contribution >= 0.6 is 11.6 Å². The molecule has 2 aromatic carbocycles. The Morgan fingerprint density at radius 2 is 1.83 bits per heavy atom. The van der Waals surface area contributed by atoms with E-state index < -0.39 is 5.69 Å². The highest BCUT2D eigenvalue weighted by molar-refractivity contribution is 6.30. The second kappa shape index (κ2) is 9.09. The minimum atomic E-state index is -0.508. The summed E-state index contributed by atoms with van der Waals surface area (Å²) in [6.07, 6.45) is 1.87. The summed E-state index contributed by atoms with van der Waals surface area (Å²) in [6, 6.07) is 13.9. The number of halogens is 1. The van der Waals surface area contributed by atoms with Crippen LogP contribution in [-0.2, 0) is 17.9 Å². The van der Waals surface area contributed by atoms with Gasteiger partial charge in [0.05, 0.1) is 17.4 Å². The fourth-order valence-corrected chi connectivity index (χ4v) is 3.47. The van der Waals surface area contributed by atoms with E-state index >= 15 is 0 Å². The Hall–Kier alpha value is -2.86. The molecule has 0 atom stereocenters. The van der Waals surface area contributed by atoms with Crippen molar-refractivity contribution in [1.82, 2.24) is 14.0 Å². The quantitative estimate of drug-likeness (QED) is 0.597. The SMILES string of the molecule is CCCCN(C)C(=O)Cn1c(=O)n(Cc2cccc(Cl)c2)c(=O)c2ccccc21. The molecule has 0 bridgehead atoms. The van der Waals surface area contributed by atoms with Crippen LogP contribution in [0.5, 0.6) is 0 Å². The third-order valence-electron chi connectivity index (χ3n) is 4.93. The second-order valence-corrected chi connectivity index (χ2v) is 7.51. The van der Waals surface area contributed by atoms with Gasteiger partial charge in [0.25, 0.3) is 5.56 Å². The van der Waals surface area contributed by atoms with Crippen molar-refractivity contribution in [2.75, 3.05) is 13.6 Å². The van der Waals surface area contributed by atoms with Gasteiger partial charge < -0.3 is 4.90 Å². The largest absolute Gasteiger partial charge is 0.344 e. The van der Waals surface area contributed by atoms with Crippen LogP contribution in [0.2, 0.25) is 5.02 Å². The number of nitrogens with zero attached hydrogens (tertiary/aromatic N) is 3. The molecule has 1 aromatic heterocycles. The minimum Gasteiger partial charge on any atom is -0.344 e. The summed E-state index contributed by atoms with van der Waals surface area (Å²) in [5.41, 5.74) is 0.312. The van der Waals surface area contributed by atoms with E-state index in [0.29, 0.717) is 22.5 Å². The van der Waals surface area contributed by atoms with Gasteiger partial charge in [-0.05, 0) is 36.2 Å². The van der Waals surface area contributed by atoms with Gasteiger partial charge in [-0.3, -0.25) is 18.7 Å². The van der Waals surface area contributed by atoms with Gasteiger partial charge in [-0.1, -0.05) is 49.2 Å². The lowest BCUT2D eigenvalue weighted by Crippen LogP contribution is -2.43. The molecular weight excluding hydrogens is 390 g/mol. The van der Waals surface area contributed by atoms with Crippen LogP contribution in [0.4, 0.5) is 0 Å². The molecule has 0 fully saturated rings. The molecule has 0 N–H and O–H groups in total. The van der Waals surface area contributed by atoms with Crippen molar-refractivity contribution in [3.05, 3.63) is 80.0 Å². The highest BCUT2D eigenvalue weighted by Crippen LogP contribution is 2.12. The van der Waals surface area contributed by atoms with Gasteiger partial charge in [-0.25, -0.2) is 4.79 Å². The molecule has 1 heterocycles. The molecule has 7 heteroatoms. The van der Waals surface area contributed by atoms with E-state index in [1.54, 1.807) is 60.5 Å². The lowest BCUT2D eigenvalue weighted by molar-refractivity contribution is -0.130. The van der Waals surface area contributed by atoms with Gasteiger partial charge in [0.2, 0.25) is 5.91 Å². The molecule has 0 aliphatic rings. The molecule has 29 heavy (non-hydrogen) atoms. The van der Waals surface area contributed by atoms with Crippen LogP contribution in [0.1, 0.15) is 25.3 Å². The summed E-state index contributed by atoms with van der Waals surface area (Å²) < 4.78 is 2.54. The van der Waals surface area contributed by atoms with Gasteiger partial charge in [-0.15, -0.1) is 0 Å². The predicted molar refractivity (Wildman–Crippen MR) is 116 cm³/mol. The molecule has 0 spiro atoms. The standard InChI is InChI=1S/C22H24ClN3O3/c1-3-4-12-24(2)20(27)15-25-19-11-6-5-10-18(19)21(28)26(22(25)29)14-16-8-7-9-17(23)13-16/h5-11,13H,3-4,12,14-15H2,1-2H3. The van der Waals surface area contributed by atoms with Gasteiger partial charge in [0.1, 0.15) is 6.54 Å². The lowest BCUT2D eigenvalue weighted by atomic mass is 10.2. The van der Waals surface area contributed by atoms with E-state index in [4.69, 9.17) is 11.6 Å². The molecule has 3 rings (SSSR count). The van der Waals surface area contributed by atoms with E-state index in [9.17, 15) is 14.4 Å². The van der Waals surface area contributed by atoms with Crippen molar-refractivity contribution in [1.29, 1.82) is 0 Å². The Labute approximate surface area is 173 Å². The molecule has 0 aliphatic heterocycles. The highest BCUT2D eigenvalue weighted by atomic mass is 35.5. The predicted octanol–water partition coefficient (Wildman–Crippen LogP) is 3.12. The van der Waals surface area contributed by atoms with E-state index in [0.717, 1.165) is 23.0 Å². The molecule has 1 amide bonds. The maximum atomic E-state index is 13.2. The maximum Gasteiger partial charge on any atom is 0.332 e. The summed E-state index contributed by atoms with van der Waals surface area (Å²) in [4.78, 5) is 40.5. The zero-order chi connectivity index (χ0) is 21.0. The number of hydrogen-bond acceptors (Lipinski definition) is 3. The van der Waals surface area contributed by atoms with Crippen molar-refractivity contribution in [3.8, 4) is 0 Å². The fraction of sp³-hybridized carbons (Fsp3) is 0.318. The fourth-order valence-electron chi connectivity index (χ4n) is 3.26. The average molecular weight is 414 g/mol. The summed E-state index contributed by atoms with van der Waals surface area (Å²) in [5.74, 6) is -0.168.